The Morgan fingerprint density at radius 2 is 1.81 bits per heavy atom. The van der Waals surface area contributed by atoms with Gasteiger partial charge >= 0.3 is 6.61 Å². The average molecular weight is 399 g/mol. The van der Waals surface area contributed by atoms with Crippen LogP contribution in [-0.2, 0) is 14.4 Å². The number of halogens is 3. The Bertz CT molecular complexity index is 789. The van der Waals surface area contributed by atoms with Crippen LogP contribution in [0, 0.1) is 11.8 Å². The summed E-state index contributed by atoms with van der Waals surface area (Å²) in [5.74, 6) is -2.34. The Kier molecular flexibility index (Phi) is 5.46. The van der Waals surface area contributed by atoms with E-state index in [1.165, 1.54) is 25.1 Å². The molecule has 2 aliphatic rings. The summed E-state index contributed by atoms with van der Waals surface area (Å²) in [5, 5.41) is 2.43. The maximum Gasteiger partial charge on any atom is 0.387 e. The number of allylic oxidation sites excluding steroid dienone is 2. The fraction of sp³-hybridized carbons (Fsp3) is 0.389. The average Bonchev–Trinajstić information content (AvgIpc) is 2.88. The van der Waals surface area contributed by atoms with Gasteiger partial charge in [-0.3, -0.25) is 19.3 Å². The Balaban J connectivity index is 1.70. The monoisotopic (exact) mass is 398 g/mol. The number of hydrogen-bond acceptors (Lipinski definition) is 4. The topological polar surface area (TPSA) is 75.7 Å². The summed E-state index contributed by atoms with van der Waals surface area (Å²) < 4.78 is 28.8. The van der Waals surface area contributed by atoms with Crippen LogP contribution in [-0.4, -0.2) is 35.3 Å². The van der Waals surface area contributed by atoms with Crippen LogP contribution in [0.15, 0.2) is 30.4 Å². The maximum absolute atomic E-state index is 12.5. The fourth-order valence-corrected chi connectivity index (χ4v) is 3.57. The molecule has 1 heterocycles. The summed E-state index contributed by atoms with van der Waals surface area (Å²) in [6.45, 7) is -1.56. The van der Waals surface area contributed by atoms with Crippen LogP contribution in [0.1, 0.15) is 19.8 Å². The Hall–Kier alpha value is -2.48. The van der Waals surface area contributed by atoms with Crippen molar-refractivity contribution in [3.8, 4) is 5.75 Å². The van der Waals surface area contributed by atoms with Crippen LogP contribution < -0.4 is 10.1 Å². The van der Waals surface area contributed by atoms with Crippen molar-refractivity contribution in [3.63, 3.8) is 0 Å². The fourth-order valence-electron chi connectivity index (χ4n) is 3.34. The second-order valence-electron chi connectivity index (χ2n) is 6.39. The minimum absolute atomic E-state index is 0.105. The lowest BCUT2D eigenvalue weighted by Crippen LogP contribution is -2.46. The third kappa shape index (κ3) is 3.80. The van der Waals surface area contributed by atoms with Crippen molar-refractivity contribution < 1.29 is 27.9 Å². The van der Waals surface area contributed by atoms with Crippen LogP contribution >= 0.6 is 11.6 Å². The van der Waals surface area contributed by atoms with Crippen molar-refractivity contribution in [3.05, 3.63) is 35.4 Å². The van der Waals surface area contributed by atoms with Crippen LogP contribution in [0.5, 0.6) is 5.75 Å². The molecule has 1 aromatic carbocycles. The Labute approximate surface area is 159 Å². The van der Waals surface area contributed by atoms with Gasteiger partial charge in [0.15, 0.2) is 0 Å². The predicted octanol–water partition coefficient (Wildman–Crippen LogP) is 3.22. The molecule has 1 fully saturated rings. The van der Waals surface area contributed by atoms with Gasteiger partial charge in [-0.05, 0) is 38.0 Å². The summed E-state index contributed by atoms with van der Waals surface area (Å²) in [6.07, 6.45) is 4.71. The zero-order chi connectivity index (χ0) is 19.7. The first-order chi connectivity index (χ1) is 12.8. The summed E-state index contributed by atoms with van der Waals surface area (Å²) >= 11 is 5.86. The van der Waals surface area contributed by atoms with Gasteiger partial charge < -0.3 is 10.1 Å². The van der Waals surface area contributed by atoms with E-state index in [1.54, 1.807) is 0 Å². The normalized spacial score (nSPS) is 22.8. The summed E-state index contributed by atoms with van der Waals surface area (Å²) in [7, 11) is 0. The Morgan fingerprint density at radius 1 is 1.22 bits per heavy atom. The molecule has 1 aromatic rings. The van der Waals surface area contributed by atoms with Crippen molar-refractivity contribution in [2.24, 2.45) is 11.8 Å². The third-order valence-corrected chi connectivity index (χ3v) is 5.02. The number of carbonyl (C=O) groups is 3. The molecule has 1 aliphatic heterocycles. The number of fused-ring (bicyclic) bond motifs is 1. The van der Waals surface area contributed by atoms with Crippen LogP contribution in [0.25, 0.3) is 0 Å². The van der Waals surface area contributed by atoms with Crippen LogP contribution in [0.2, 0.25) is 5.02 Å². The first kappa shape index (κ1) is 19.3. The molecule has 0 spiro atoms. The van der Waals surface area contributed by atoms with Crippen molar-refractivity contribution in [2.75, 3.05) is 5.32 Å². The Morgan fingerprint density at radius 3 is 2.33 bits per heavy atom. The smallest absolute Gasteiger partial charge is 0.387 e. The number of benzene rings is 1. The molecule has 27 heavy (non-hydrogen) atoms. The molecule has 0 aromatic heterocycles. The van der Waals surface area contributed by atoms with Crippen LogP contribution in [0.3, 0.4) is 0 Å². The lowest BCUT2D eigenvalue weighted by Gasteiger charge is -2.22. The van der Waals surface area contributed by atoms with Gasteiger partial charge in [-0.1, -0.05) is 23.8 Å². The second kappa shape index (κ2) is 7.64. The molecule has 0 saturated carbocycles. The van der Waals surface area contributed by atoms with Gasteiger partial charge in [0.05, 0.1) is 16.9 Å². The number of hydrogen-bond donors (Lipinski definition) is 1. The van der Waals surface area contributed by atoms with Crippen molar-refractivity contribution in [1.29, 1.82) is 0 Å². The highest BCUT2D eigenvalue weighted by Crippen LogP contribution is 2.36. The molecule has 0 unspecified atom stereocenters. The largest absolute Gasteiger partial charge is 0.433 e. The zero-order valence-corrected chi connectivity index (χ0v) is 15.1. The molecule has 3 atom stereocenters. The van der Waals surface area contributed by atoms with Gasteiger partial charge in [0.1, 0.15) is 11.8 Å². The first-order valence-electron chi connectivity index (χ1n) is 8.36. The molecule has 144 valence electrons. The standard InChI is InChI=1S/C18H17ClF2N2O4/c1-9(23-16(25)11-4-2-3-5-12(11)17(23)26)15(24)22-10-6-7-14(13(19)8-10)27-18(20)21/h2-3,6-9,11-12,18H,4-5H2,1H3,(H,22,24)/t9-,11-,12-/m0/s1. The van der Waals surface area contributed by atoms with E-state index >= 15 is 0 Å². The minimum Gasteiger partial charge on any atom is -0.433 e. The van der Waals surface area contributed by atoms with Crippen molar-refractivity contribution in [2.45, 2.75) is 32.4 Å². The van der Waals surface area contributed by atoms with E-state index in [0.29, 0.717) is 12.8 Å². The highest BCUT2D eigenvalue weighted by Gasteiger charge is 2.50. The van der Waals surface area contributed by atoms with E-state index in [0.717, 1.165) is 4.90 Å². The maximum atomic E-state index is 12.5. The number of anilines is 1. The van der Waals surface area contributed by atoms with Gasteiger partial charge in [0.25, 0.3) is 0 Å². The number of nitrogens with zero attached hydrogens (tertiary/aromatic N) is 1. The molecule has 1 N–H and O–H groups in total. The van der Waals surface area contributed by atoms with E-state index in [2.05, 4.69) is 10.1 Å². The number of amides is 3. The van der Waals surface area contributed by atoms with Gasteiger partial charge in [0, 0.05) is 5.69 Å². The number of nitrogens with one attached hydrogen (secondary N) is 1. The summed E-state index contributed by atoms with van der Waals surface area (Å²) in [5.41, 5.74) is 0.233. The van der Waals surface area contributed by atoms with Crippen molar-refractivity contribution in [1.82, 2.24) is 4.90 Å². The number of alkyl halides is 2. The van der Waals surface area contributed by atoms with E-state index < -0.39 is 30.4 Å². The quantitative estimate of drug-likeness (QED) is 0.610. The van der Waals surface area contributed by atoms with Gasteiger partial charge in [-0.2, -0.15) is 8.78 Å². The molecule has 1 aliphatic carbocycles. The summed E-state index contributed by atoms with van der Waals surface area (Å²) in [4.78, 5) is 38.6. The molecule has 6 nitrogen and oxygen atoms in total. The number of imide groups is 1. The highest BCUT2D eigenvalue weighted by molar-refractivity contribution is 6.32. The van der Waals surface area contributed by atoms with E-state index in [4.69, 9.17) is 11.6 Å². The lowest BCUT2D eigenvalue weighted by atomic mass is 9.85. The predicted molar refractivity (Wildman–Crippen MR) is 93.4 cm³/mol. The second-order valence-corrected chi connectivity index (χ2v) is 6.80. The molecule has 9 heteroatoms. The van der Waals surface area contributed by atoms with E-state index in [1.807, 2.05) is 12.2 Å². The highest BCUT2D eigenvalue weighted by atomic mass is 35.5. The van der Waals surface area contributed by atoms with Gasteiger partial charge in [-0.25, -0.2) is 0 Å². The number of carbonyl (C=O) groups excluding carboxylic acids is 3. The molecule has 0 bridgehead atoms. The third-order valence-electron chi connectivity index (χ3n) is 4.72. The number of rotatable bonds is 5. The molecule has 0 radical (unpaired) electrons. The minimum atomic E-state index is -3.02. The SMILES string of the molecule is C[C@@H](C(=O)Nc1ccc(OC(F)F)c(Cl)c1)N1C(=O)[C@H]2CC=CC[C@@H]2C1=O. The van der Waals surface area contributed by atoms with Crippen molar-refractivity contribution >= 4 is 35.0 Å². The molecule has 1 saturated heterocycles. The van der Waals surface area contributed by atoms with Gasteiger partial charge in [-0.15, -0.1) is 0 Å². The molecule has 3 amide bonds. The number of likely N-dealkylation sites (tertiary alicyclic amines) is 1. The molecular formula is C18H17ClF2N2O4. The molecule has 3 rings (SSSR count). The van der Waals surface area contributed by atoms with E-state index in [-0.39, 0.29) is 28.3 Å². The molecular weight excluding hydrogens is 382 g/mol. The van der Waals surface area contributed by atoms with Gasteiger partial charge in [0.2, 0.25) is 17.7 Å². The van der Waals surface area contributed by atoms with Crippen LogP contribution in [0.4, 0.5) is 14.5 Å². The zero-order valence-electron chi connectivity index (χ0n) is 14.3. The first-order valence-corrected chi connectivity index (χ1v) is 8.74. The lowest BCUT2D eigenvalue weighted by molar-refractivity contribution is -0.146. The summed E-state index contributed by atoms with van der Waals surface area (Å²) in [6, 6.07) is 2.78. The van der Waals surface area contributed by atoms with E-state index in [9.17, 15) is 23.2 Å². The number of ether oxygens (including phenoxy) is 1.